The number of carbonyl (C=O) groups excluding carboxylic acids is 1. The van der Waals surface area contributed by atoms with Crippen molar-refractivity contribution in [3.63, 3.8) is 0 Å². The number of amides is 1. The Morgan fingerprint density at radius 2 is 1.69 bits per heavy atom. The summed E-state index contributed by atoms with van der Waals surface area (Å²) in [6, 6.07) is 9.78. The van der Waals surface area contributed by atoms with Gasteiger partial charge in [0.15, 0.2) is 0 Å². The first-order valence-electron chi connectivity index (χ1n) is 9.17. The number of rotatable bonds is 6. The average Bonchev–Trinajstić information content (AvgIpc) is 2.74. The van der Waals surface area contributed by atoms with Gasteiger partial charge >= 0.3 is 0 Å². The Hall–Kier alpha value is -2.52. The molecule has 0 unspecified atom stereocenters. The van der Waals surface area contributed by atoms with E-state index in [9.17, 15) is 22.0 Å². The number of methoxy groups -OCH3 is 1. The van der Waals surface area contributed by atoms with Gasteiger partial charge in [-0.05, 0) is 42.3 Å². The Balaban J connectivity index is 1.56. The van der Waals surface area contributed by atoms with Gasteiger partial charge in [0.1, 0.15) is 22.3 Å². The van der Waals surface area contributed by atoms with Crippen LogP contribution in [-0.2, 0) is 21.2 Å². The standard InChI is InChI=1S/C20H22F2N2O4S/c1-28-17-6-2-15(3-7-17)4-9-20(25)23-10-12-24(13-11-23)29(26,27)19-14-16(21)5-8-18(19)22/h2-3,5-8,14H,4,9-13H2,1H3. The van der Waals surface area contributed by atoms with Gasteiger partial charge in [-0.3, -0.25) is 4.79 Å². The van der Waals surface area contributed by atoms with Crippen molar-refractivity contribution >= 4 is 15.9 Å². The normalized spacial score (nSPS) is 15.3. The van der Waals surface area contributed by atoms with Crippen molar-refractivity contribution in [1.29, 1.82) is 0 Å². The summed E-state index contributed by atoms with van der Waals surface area (Å²) >= 11 is 0. The van der Waals surface area contributed by atoms with E-state index in [1.165, 1.54) is 0 Å². The van der Waals surface area contributed by atoms with E-state index in [4.69, 9.17) is 4.74 Å². The highest BCUT2D eigenvalue weighted by Crippen LogP contribution is 2.22. The molecule has 156 valence electrons. The second-order valence-electron chi connectivity index (χ2n) is 6.71. The topological polar surface area (TPSA) is 66.9 Å². The molecule has 0 saturated carbocycles. The summed E-state index contributed by atoms with van der Waals surface area (Å²) in [5.74, 6) is -1.15. The van der Waals surface area contributed by atoms with Crippen LogP contribution in [0.4, 0.5) is 8.78 Å². The van der Waals surface area contributed by atoms with E-state index in [1.807, 2.05) is 24.3 Å². The van der Waals surface area contributed by atoms with E-state index >= 15 is 0 Å². The van der Waals surface area contributed by atoms with Gasteiger partial charge in [-0.2, -0.15) is 4.31 Å². The summed E-state index contributed by atoms with van der Waals surface area (Å²) < 4.78 is 58.7. The molecule has 29 heavy (non-hydrogen) atoms. The molecule has 1 aliphatic rings. The van der Waals surface area contributed by atoms with Crippen LogP contribution in [0.25, 0.3) is 0 Å². The average molecular weight is 424 g/mol. The van der Waals surface area contributed by atoms with Crippen LogP contribution in [0, 0.1) is 11.6 Å². The fraction of sp³-hybridized carbons (Fsp3) is 0.350. The molecule has 0 atom stereocenters. The van der Waals surface area contributed by atoms with Crippen LogP contribution in [0.3, 0.4) is 0 Å². The Morgan fingerprint density at radius 3 is 2.31 bits per heavy atom. The number of piperazine rings is 1. The number of ether oxygens (including phenoxy) is 1. The number of hydrogen-bond donors (Lipinski definition) is 0. The fourth-order valence-corrected chi connectivity index (χ4v) is 4.69. The molecule has 3 rings (SSSR count). The summed E-state index contributed by atoms with van der Waals surface area (Å²) in [4.78, 5) is 13.4. The Morgan fingerprint density at radius 1 is 1.03 bits per heavy atom. The summed E-state index contributed by atoms with van der Waals surface area (Å²) in [6.07, 6.45) is 0.868. The number of hydrogen-bond acceptors (Lipinski definition) is 4. The smallest absolute Gasteiger partial charge is 0.246 e. The number of sulfonamides is 1. The molecule has 0 radical (unpaired) electrons. The third-order valence-electron chi connectivity index (χ3n) is 4.89. The third-order valence-corrected chi connectivity index (χ3v) is 6.80. The van der Waals surface area contributed by atoms with E-state index in [-0.39, 0.29) is 32.1 Å². The van der Waals surface area contributed by atoms with Crippen LogP contribution in [0.2, 0.25) is 0 Å². The SMILES string of the molecule is COc1ccc(CCC(=O)N2CCN(S(=O)(=O)c3cc(F)ccc3F)CC2)cc1. The zero-order valence-corrected chi connectivity index (χ0v) is 16.8. The molecule has 1 aliphatic heterocycles. The monoisotopic (exact) mass is 424 g/mol. The van der Waals surface area contributed by atoms with Crippen molar-refractivity contribution in [1.82, 2.24) is 9.21 Å². The first kappa shape index (κ1) is 21.2. The summed E-state index contributed by atoms with van der Waals surface area (Å²) in [7, 11) is -2.57. The van der Waals surface area contributed by atoms with Crippen molar-refractivity contribution in [3.05, 3.63) is 59.7 Å². The van der Waals surface area contributed by atoms with Crippen LogP contribution in [0.5, 0.6) is 5.75 Å². The second-order valence-corrected chi connectivity index (χ2v) is 8.61. The number of nitrogens with zero attached hydrogens (tertiary/aromatic N) is 2. The Kier molecular flexibility index (Phi) is 6.49. The predicted octanol–water partition coefficient (Wildman–Crippen LogP) is 2.44. The lowest BCUT2D eigenvalue weighted by atomic mass is 10.1. The molecule has 1 heterocycles. The number of halogens is 2. The molecule has 1 fully saturated rings. The van der Waals surface area contributed by atoms with Crippen molar-refractivity contribution in [2.24, 2.45) is 0 Å². The Bertz CT molecular complexity index is 972. The van der Waals surface area contributed by atoms with Crippen LogP contribution in [0.1, 0.15) is 12.0 Å². The van der Waals surface area contributed by atoms with Gasteiger partial charge in [0, 0.05) is 32.6 Å². The number of carbonyl (C=O) groups is 1. The first-order valence-corrected chi connectivity index (χ1v) is 10.6. The first-order chi connectivity index (χ1) is 13.8. The van der Waals surface area contributed by atoms with E-state index < -0.39 is 26.6 Å². The van der Waals surface area contributed by atoms with E-state index in [0.717, 1.165) is 27.8 Å². The molecule has 0 aromatic heterocycles. The molecular formula is C20H22F2N2O4S. The van der Waals surface area contributed by atoms with Crippen molar-refractivity contribution in [2.75, 3.05) is 33.3 Å². The van der Waals surface area contributed by atoms with Crippen molar-refractivity contribution in [3.8, 4) is 5.75 Å². The quantitative estimate of drug-likeness (QED) is 0.715. The number of aryl methyl sites for hydroxylation is 1. The molecule has 2 aromatic rings. The van der Waals surface area contributed by atoms with Crippen molar-refractivity contribution in [2.45, 2.75) is 17.7 Å². The van der Waals surface area contributed by atoms with Crippen LogP contribution in [0.15, 0.2) is 47.4 Å². The van der Waals surface area contributed by atoms with Gasteiger partial charge < -0.3 is 9.64 Å². The number of benzene rings is 2. The maximum atomic E-state index is 13.9. The summed E-state index contributed by atoms with van der Waals surface area (Å²) in [5.41, 5.74) is 1.00. The minimum absolute atomic E-state index is 0.0343. The highest BCUT2D eigenvalue weighted by molar-refractivity contribution is 7.89. The van der Waals surface area contributed by atoms with Crippen LogP contribution in [-0.4, -0.2) is 56.8 Å². The van der Waals surface area contributed by atoms with Gasteiger partial charge in [0.05, 0.1) is 7.11 Å². The predicted molar refractivity (Wildman–Crippen MR) is 103 cm³/mol. The van der Waals surface area contributed by atoms with Gasteiger partial charge in [0.25, 0.3) is 0 Å². The summed E-state index contributed by atoms with van der Waals surface area (Å²) in [5, 5.41) is 0. The molecule has 9 heteroatoms. The van der Waals surface area contributed by atoms with E-state index in [2.05, 4.69) is 0 Å². The van der Waals surface area contributed by atoms with Gasteiger partial charge in [0.2, 0.25) is 15.9 Å². The van der Waals surface area contributed by atoms with Gasteiger partial charge in [-0.15, -0.1) is 0 Å². The summed E-state index contributed by atoms with van der Waals surface area (Å²) in [6.45, 7) is 0.481. The van der Waals surface area contributed by atoms with Gasteiger partial charge in [-0.1, -0.05) is 12.1 Å². The highest BCUT2D eigenvalue weighted by Gasteiger charge is 2.32. The fourth-order valence-electron chi connectivity index (χ4n) is 3.19. The molecule has 6 nitrogen and oxygen atoms in total. The van der Waals surface area contributed by atoms with Crippen LogP contribution < -0.4 is 4.74 Å². The van der Waals surface area contributed by atoms with Crippen LogP contribution >= 0.6 is 0 Å². The highest BCUT2D eigenvalue weighted by atomic mass is 32.2. The maximum absolute atomic E-state index is 13.9. The second kappa shape index (κ2) is 8.87. The molecular weight excluding hydrogens is 402 g/mol. The molecule has 1 amide bonds. The van der Waals surface area contributed by atoms with Gasteiger partial charge in [-0.25, -0.2) is 17.2 Å². The minimum Gasteiger partial charge on any atom is -0.497 e. The molecule has 1 saturated heterocycles. The molecule has 2 aromatic carbocycles. The zero-order chi connectivity index (χ0) is 21.0. The Labute approximate surface area is 168 Å². The van der Waals surface area contributed by atoms with E-state index in [0.29, 0.717) is 18.9 Å². The zero-order valence-electron chi connectivity index (χ0n) is 16.0. The molecule has 0 bridgehead atoms. The minimum atomic E-state index is -4.16. The lowest BCUT2D eigenvalue weighted by Crippen LogP contribution is -2.50. The van der Waals surface area contributed by atoms with E-state index in [1.54, 1.807) is 12.0 Å². The third kappa shape index (κ3) is 4.91. The van der Waals surface area contributed by atoms with Crippen molar-refractivity contribution < 1.29 is 26.7 Å². The molecule has 0 spiro atoms. The largest absolute Gasteiger partial charge is 0.497 e. The lowest BCUT2D eigenvalue weighted by molar-refractivity contribution is -0.132. The maximum Gasteiger partial charge on any atom is 0.246 e. The lowest BCUT2D eigenvalue weighted by Gasteiger charge is -2.34. The molecule has 0 N–H and O–H groups in total. The molecule has 0 aliphatic carbocycles.